The first-order chi connectivity index (χ1) is 13.7. The highest BCUT2D eigenvalue weighted by molar-refractivity contribution is 7.92. The Kier molecular flexibility index (Phi) is 5.06. The Morgan fingerprint density at radius 2 is 1.79 bits per heavy atom. The van der Waals surface area contributed by atoms with Crippen molar-refractivity contribution in [2.75, 3.05) is 4.72 Å². The third-order valence-corrected chi connectivity index (χ3v) is 7.57. The fourth-order valence-electron chi connectivity index (χ4n) is 3.05. The molecule has 0 aliphatic heterocycles. The van der Waals surface area contributed by atoms with E-state index in [1.54, 1.807) is 38.2 Å². The second-order valence-corrected chi connectivity index (χ2v) is 9.88. The predicted molar refractivity (Wildman–Crippen MR) is 119 cm³/mol. The molecule has 2 aromatic heterocycles. The number of fused-ring (bicyclic) bond motifs is 1. The van der Waals surface area contributed by atoms with Crippen LogP contribution in [0.1, 0.15) is 16.7 Å². The first-order valence-electron chi connectivity index (χ1n) is 8.87. The van der Waals surface area contributed by atoms with Gasteiger partial charge in [-0.1, -0.05) is 22.9 Å². The van der Waals surface area contributed by atoms with Crippen molar-refractivity contribution in [1.29, 1.82) is 0 Å². The number of hydrogen-bond donors (Lipinski definition) is 1. The van der Waals surface area contributed by atoms with Crippen molar-refractivity contribution in [1.82, 2.24) is 9.97 Å². The SMILES string of the molecule is Cc1cc(S(=O)(=O)Nc2ccc(-c3nc4cccnc4s3)cc2C)c(C)cc1Cl. The lowest BCUT2D eigenvalue weighted by molar-refractivity contribution is 0.600. The third kappa shape index (κ3) is 3.85. The average Bonchev–Trinajstić information content (AvgIpc) is 3.10. The van der Waals surface area contributed by atoms with E-state index in [1.165, 1.54) is 11.3 Å². The molecule has 4 aromatic rings. The minimum Gasteiger partial charge on any atom is -0.279 e. The number of benzene rings is 2. The summed E-state index contributed by atoms with van der Waals surface area (Å²) in [5.41, 5.74) is 4.43. The molecular weight excluding hydrogens is 426 g/mol. The zero-order valence-electron chi connectivity index (χ0n) is 16.0. The Balaban J connectivity index is 1.67. The summed E-state index contributed by atoms with van der Waals surface area (Å²) in [4.78, 5) is 10.0. The minimum atomic E-state index is -3.74. The first-order valence-corrected chi connectivity index (χ1v) is 11.5. The van der Waals surface area contributed by atoms with Gasteiger partial charge in [0.05, 0.1) is 10.6 Å². The average molecular weight is 444 g/mol. The highest BCUT2D eigenvalue weighted by Gasteiger charge is 2.19. The van der Waals surface area contributed by atoms with Gasteiger partial charge < -0.3 is 0 Å². The standard InChI is InChI=1S/C21H18ClN3O2S2/c1-12-11-19(14(3)10-16(12)22)29(26,27)25-17-7-6-15(9-13(17)2)20-24-18-5-4-8-23-21(18)28-20/h4-11,25H,1-3H3. The number of nitrogens with zero attached hydrogens (tertiary/aromatic N) is 2. The van der Waals surface area contributed by atoms with Crippen molar-refractivity contribution in [3.8, 4) is 10.6 Å². The van der Waals surface area contributed by atoms with E-state index in [-0.39, 0.29) is 4.90 Å². The molecule has 148 valence electrons. The fourth-order valence-corrected chi connectivity index (χ4v) is 5.61. The molecule has 0 aliphatic carbocycles. The number of halogens is 1. The topological polar surface area (TPSA) is 72.0 Å². The number of thiazole rings is 1. The quantitative estimate of drug-likeness (QED) is 0.436. The van der Waals surface area contributed by atoms with Gasteiger partial charge in [-0.2, -0.15) is 0 Å². The molecule has 0 spiro atoms. The molecule has 0 saturated heterocycles. The second kappa shape index (κ2) is 7.40. The number of sulfonamides is 1. The normalized spacial score (nSPS) is 11.7. The number of aromatic nitrogens is 2. The van der Waals surface area contributed by atoms with Crippen LogP contribution in [0.3, 0.4) is 0 Å². The molecule has 0 aliphatic rings. The lowest BCUT2D eigenvalue weighted by Gasteiger charge is -2.14. The van der Waals surface area contributed by atoms with Gasteiger partial charge in [0.25, 0.3) is 10.0 Å². The van der Waals surface area contributed by atoms with Crippen LogP contribution in [0.25, 0.3) is 20.9 Å². The smallest absolute Gasteiger partial charge is 0.262 e. The van der Waals surface area contributed by atoms with E-state index < -0.39 is 10.0 Å². The van der Waals surface area contributed by atoms with Gasteiger partial charge in [-0.3, -0.25) is 4.72 Å². The molecular formula is C21H18ClN3O2S2. The number of hydrogen-bond acceptors (Lipinski definition) is 5. The second-order valence-electron chi connectivity index (χ2n) is 6.85. The van der Waals surface area contributed by atoms with Crippen molar-refractivity contribution < 1.29 is 8.42 Å². The predicted octanol–water partition coefficient (Wildman–Crippen LogP) is 5.74. The summed E-state index contributed by atoms with van der Waals surface area (Å²) in [7, 11) is -3.74. The summed E-state index contributed by atoms with van der Waals surface area (Å²) >= 11 is 7.61. The Morgan fingerprint density at radius 3 is 2.52 bits per heavy atom. The van der Waals surface area contributed by atoms with Crippen LogP contribution in [-0.2, 0) is 10.0 Å². The van der Waals surface area contributed by atoms with Crippen LogP contribution in [0.5, 0.6) is 0 Å². The van der Waals surface area contributed by atoms with Crippen molar-refractivity contribution in [3.63, 3.8) is 0 Å². The van der Waals surface area contributed by atoms with Crippen molar-refractivity contribution >= 4 is 49.0 Å². The van der Waals surface area contributed by atoms with Gasteiger partial charge >= 0.3 is 0 Å². The highest BCUT2D eigenvalue weighted by Crippen LogP contribution is 2.32. The van der Waals surface area contributed by atoms with E-state index in [1.807, 2.05) is 31.2 Å². The fraction of sp³-hybridized carbons (Fsp3) is 0.143. The number of aryl methyl sites for hydroxylation is 3. The number of anilines is 1. The van der Waals surface area contributed by atoms with E-state index in [2.05, 4.69) is 14.7 Å². The lowest BCUT2D eigenvalue weighted by atomic mass is 10.1. The molecule has 0 unspecified atom stereocenters. The lowest BCUT2D eigenvalue weighted by Crippen LogP contribution is -2.15. The van der Waals surface area contributed by atoms with E-state index in [4.69, 9.17) is 11.6 Å². The van der Waals surface area contributed by atoms with Crippen LogP contribution >= 0.6 is 22.9 Å². The molecule has 0 atom stereocenters. The van der Waals surface area contributed by atoms with Crippen LogP contribution in [0, 0.1) is 20.8 Å². The molecule has 0 radical (unpaired) electrons. The molecule has 1 N–H and O–H groups in total. The Bertz CT molecular complexity index is 1310. The molecule has 0 saturated carbocycles. The van der Waals surface area contributed by atoms with Gasteiger partial charge in [0.15, 0.2) is 0 Å². The van der Waals surface area contributed by atoms with E-state index in [0.29, 0.717) is 21.8 Å². The monoisotopic (exact) mass is 443 g/mol. The molecule has 0 fully saturated rings. The summed E-state index contributed by atoms with van der Waals surface area (Å²) < 4.78 is 28.6. The van der Waals surface area contributed by atoms with Crippen LogP contribution in [0.4, 0.5) is 5.69 Å². The molecule has 2 heterocycles. The van der Waals surface area contributed by atoms with Crippen LogP contribution in [0.15, 0.2) is 53.6 Å². The molecule has 5 nitrogen and oxygen atoms in total. The summed E-state index contributed by atoms with van der Waals surface area (Å²) in [5, 5.41) is 1.40. The van der Waals surface area contributed by atoms with Crippen LogP contribution in [-0.4, -0.2) is 18.4 Å². The van der Waals surface area contributed by atoms with Crippen molar-refractivity contribution in [2.24, 2.45) is 0 Å². The largest absolute Gasteiger partial charge is 0.279 e. The van der Waals surface area contributed by atoms with Crippen LogP contribution < -0.4 is 4.72 Å². The molecule has 8 heteroatoms. The summed E-state index contributed by atoms with van der Waals surface area (Å²) in [5.74, 6) is 0. The maximum absolute atomic E-state index is 12.9. The van der Waals surface area contributed by atoms with Gasteiger partial charge in [-0.05, 0) is 79.9 Å². The van der Waals surface area contributed by atoms with Gasteiger partial charge in [0.1, 0.15) is 15.4 Å². The zero-order chi connectivity index (χ0) is 20.8. The number of pyridine rings is 1. The summed E-state index contributed by atoms with van der Waals surface area (Å²) in [6.07, 6.45) is 1.74. The molecule has 0 bridgehead atoms. The maximum atomic E-state index is 12.9. The first kappa shape index (κ1) is 19.8. The van der Waals surface area contributed by atoms with E-state index in [9.17, 15) is 8.42 Å². The van der Waals surface area contributed by atoms with Crippen LogP contribution in [0.2, 0.25) is 5.02 Å². The Morgan fingerprint density at radius 1 is 1.00 bits per heavy atom. The Hall–Kier alpha value is -2.48. The molecule has 29 heavy (non-hydrogen) atoms. The Labute approximate surface area is 178 Å². The minimum absolute atomic E-state index is 0.222. The van der Waals surface area contributed by atoms with Gasteiger partial charge in [0, 0.05) is 16.8 Å². The van der Waals surface area contributed by atoms with Crippen molar-refractivity contribution in [2.45, 2.75) is 25.7 Å². The van der Waals surface area contributed by atoms with E-state index in [0.717, 1.165) is 26.5 Å². The highest BCUT2D eigenvalue weighted by atomic mass is 35.5. The van der Waals surface area contributed by atoms with Gasteiger partial charge in [0.2, 0.25) is 0 Å². The maximum Gasteiger partial charge on any atom is 0.262 e. The number of nitrogens with one attached hydrogen (secondary N) is 1. The molecule has 2 aromatic carbocycles. The summed E-state index contributed by atoms with van der Waals surface area (Å²) in [6, 6.07) is 12.6. The summed E-state index contributed by atoms with van der Waals surface area (Å²) in [6.45, 7) is 5.39. The molecule has 4 rings (SSSR count). The third-order valence-electron chi connectivity index (χ3n) is 4.63. The van der Waals surface area contributed by atoms with E-state index >= 15 is 0 Å². The van der Waals surface area contributed by atoms with Gasteiger partial charge in [-0.15, -0.1) is 0 Å². The molecule has 0 amide bonds. The van der Waals surface area contributed by atoms with Crippen molar-refractivity contribution in [3.05, 3.63) is 70.4 Å². The zero-order valence-corrected chi connectivity index (χ0v) is 18.4. The van der Waals surface area contributed by atoms with Gasteiger partial charge in [-0.25, -0.2) is 18.4 Å². The number of rotatable bonds is 4.